The van der Waals surface area contributed by atoms with Crippen LogP contribution in [-0.4, -0.2) is 39.2 Å². The van der Waals surface area contributed by atoms with Crippen LogP contribution in [0.25, 0.3) is 0 Å². The number of nitrogens with zero attached hydrogens (tertiary/aromatic N) is 2. The van der Waals surface area contributed by atoms with Gasteiger partial charge in [-0.3, -0.25) is 14.7 Å². The number of carbonyl (C=O) groups excluding carboxylic acids is 1. The van der Waals surface area contributed by atoms with Gasteiger partial charge in [0.25, 0.3) is 5.91 Å². The lowest BCUT2D eigenvalue weighted by atomic mass is 9.88. The van der Waals surface area contributed by atoms with Crippen molar-refractivity contribution in [1.82, 2.24) is 15.1 Å². The molecule has 0 bridgehead atoms. The number of nitrogens with one attached hydrogen (secondary N) is 1. The van der Waals surface area contributed by atoms with Gasteiger partial charge < -0.3 is 10.0 Å². The van der Waals surface area contributed by atoms with Gasteiger partial charge in [0.2, 0.25) is 5.43 Å². The lowest BCUT2D eigenvalue weighted by Crippen LogP contribution is -2.35. The average molecular weight is 445 g/mol. The van der Waals surface area contributed by atoms with E-state index in [1.54, 1.807) is 0 Å². The zero-order valence-corrected chi connectivity index (χ0v) is 17.3. The Hall–Kier alpha value is -3.62. The fraction of sp³-hybridized carbons (Fsp3) is 0.261. The van der Waals surface area contributed by atoms with Gasteiger partial charge in [0.1, 0.15) is 17.5 Å². The smallest absolute Gasteiger partial charge is 0.275 e. The fourth-order valence-corrected chi connectivity index (χ4v) is 3.55. The van der Waals surface area contributed by atoms with E-state index in [9.17, 15) is 27.9 Å². The molecule has 32 heavy (non-hydrogen) atoms. The molecule has 3 aromatic rings. The number of carbonyl (C=O) groups is 1. The van der Waals surface area contributed by atoms with Crippen molar-refractivity contribution in [2.45, 2.75) is 25.7 Å². The van der Waals surface area contributed by atoms with Gasteiger partial charge in [-0.15, -0.1) is 0 Å². The number of hydrogen-bond acceptors (Lipinski definition) is 4. The molecule has 0 saturated carbocycles. The number of aromatic hydroxyl groups is 1. The highest BCUT2D eigenvalue weighted by molar-refractivity contribution is 5.94. The van der Waals surface area contributed by atoms with Crippen LogP contribution in [0.3, 0.4) is 0 Å². The van der Waals surface area contributed by atoms with Crippen molar-refractivity contribution in [2.75, 3.05) is 13.1 Å². The first-order valence-corrected chi connectivity index (χ1v) is 10.1. The SMILES string of the molecule is CCCN(CCC(c1ccc(F)cc1)c1cc(F)ccc1F)C(=O)c1[nH]ncc(=O)c1O. The number of H-pyrrole nitrogens is 1. The maximum absolute atomic E-state index is 14.6. The Morgan fingerprint density at radius 3 is 2.47 bits per heavy atom. The molecule has 0 radical (unpaired) electrons. The predicted molar refractivity (Wildman–Crippen MR) is 112 cm³/mol. The number of hydrogen-bond donors (Lipinski definition) is 2. The maximum atomic E-state index is 14.6. The molecule has 0 fully saturated rings. The summed E-state index contributed by atoms with van der Waals surface area (Å²) in [7, 11) is 0. The molecule has 2 aromatic carbocycles. The zero-order chi connectivity index (χ0) is 23.3. The summed E-state index contributed by atoms with van der Waals surface area (Å²) in [5.41, 5.74) is -0.508. The highest BCUT2D eigenvalue weighted by atomic mass is 19.1. The van der Waals surface area contributed by atoms with Crippen molar-refractivity contribution in [3.8, 4) is 5.75 Å². The van der Waals surface area contributed by atoms with Crippen LogP contribution in [0.5, 0.6) is 5.75 Å². The molecule has 0 aliphatic rings. The van der Waals surface area contributed by atoms with Gasteiger partial charge in [-0.25, -0.2) is 13.2 Å². The molecular weight excluding hydrogens is 423 g/mol. The van der Waals surface area contributed by atoms with E-state index in [0.29, 0.717) is 12.0 Å². The van der Waals surface area contributed by atoms with E-state index in [-0.39, 0.29) is 30.8 Å². The summed E-state index contributed by atoms with van der Waals surface area (Å²) in [4.78, 5) is 26.0. The molecule has 1 unspecified atom stereocenters. The van der Waals surface area contributed by atoms with E-state index in [1.807, 2.05) is 6.92 Å². The number of rotatable bonds is 8. The summed E-state index contributed by atoms with van der Waals surface area (Å²) >= 11 is 0. The van der Waals surface area contributed by atoms with Crippen LogP contribution in [-0.2, 0) is 0 Å². The average Bonchev–Trinajstić information content (AvgIpc) is 2.78. The lowest BCUT2D eigenvalue weighted by molar-refractivity contribution is 0.0740. The largest absolute Gasteiger partial charge is 0.502 e. The summed E-state index contributed by atoms with van der Waals surface area (Å²) < 4.78 is 41.9. The van der Waals surface area contributed by atoms with E-state index in [4.69, 9.17) is 0 Å². The first-order chi connectivity index (χ1) is 15.3. The minimum absolute atomic E-state index is 0.0816. The Morgan fingerprint density at radius 1 is 1.09 bits per heavy atom. The van der Waals surface area contributed by atoms with Crippen molar-refractivity contribution < 1.29 is 23.1 Å². The molecule has 0 spiro atoms. The summed E-state index contributed by atoms with van der Waals surface area (Å²) in [6.45, 7) is 2.23. The van der Waals surface area contributed by atoms with Gasteiger partial charge in [0.15, 0.2) is 11.4 Å². The Labute approximate surface area is 182 Å². The van der Waals surface area contributed by atoms with Crippen LogP contribution in [0.1, 0.15) is 47.3 Å². The number of aromatic amines is 1. The number of aromatic nitrogens is 2. The van der Waals surface area contributed by atoms with Gasteiger partial charge >= 0.3 is 0 Å². The minimum Gasteiger partial charge on any atom is -0.502 e. The third-order valence-corrected chi connectivity index (χ3v) is 5.12. The van der Waals surface area contributed by atoms with Crippen LogP contribution in [0, 0.1) is 17.5 Å². The lowest BCUT2D eigenvalue weighted by Gasteiger charge is -2.26. The van der Waals surface area contributed by atoms with Gasteiger partial charge in [0, 0.05) is 19.0 Å². The number of halogens is 3. The van der Waals surface area contributed by atoms with E-state index in [2.05, 4.69) is 10.2 Å². The molecule has 6 nitrogen and oxygen atoms in total. The van der Waals surface area contributed by atoms with Crippen LogP contribution in [0.15, 0.2) is 53.5 Å². The Balaban J connectivity index is 1.93. The van der Waals surface area contributed by atoms with Crippen LogP contribution in [0.2, 0.25) is 0 Å². The third-order valence-electron chi connectivity index (χ3n) is 5.12. The van der Waals surface area contributed by atoms with E-state index >= 15 is 0 Å². The maximum Gasteiger partial charge on any atom is 0.275 e. The van der Waals surface area contributed by atoms with Gasteiger partial charge in [-0.2, -0.15) is 5.10 Å². The Kier molecular flexibility index (Phi) is 7.29. The third kappa shape index (κ3) is 5.16. The highest BCUT2D eigenvalue weighted by Gasteiger charge is 2.25. The molecular formula is C23H22F3N3O3. The molecule has 1 aromatic heterocycles. The summed E-state index contributed by atoms with van der Waals surface area (Å²) in [6.07, 6.45) is 1.61. The van der Waals surface area contributed by atoms with E-state index < -0.39 is 40.5 Å². The molecule has 0 aliphatic carbocycles. The van der Waals surface area contributed by atoms with Crippen molar-refractivity contribution in [1.29, 1.82) is 0 Å². The normalized spacial score (nSPS) is 11.9. The molecule has 1 atom stereocenters. The molecule has 1 amide bonds. The highest BCUT2D eigenvalue weighted by Crippen LogP contribution is 2.31. The monoisotopic (exact) mass is 445 g/mol. The summed E-state index contributed by atoms with van der Waals surface area (Å²) in [5, 5.41) is 15.9. The van der Waals surface area contributed by atoms with Gasteiger partial charge in [-0.05, 0) is 54.3 Å². The van der Waals surface area contributed by atoms with Crippen LogP contribution in [0.4, 0.5) is 13.2 Å². The molecule has 3 rings (SSSR count). The predicted octanol–water partition coefficient (Wildman–Crippen LogP) is 3.97. The molecule has 2 N–H and O–H groups in total. The Bertz CT molecular complexity index is 1150. The topological polar surface area (TPSA) is 86.3 Å². The van der Waals surface area contributed by atoms with Crippen LogP contribution < -0.4 is 5.43 Å². The first-order valence-electron chi connectivity index (χ1n) is 10.1. The van der Waals surface area contributed by atoms with Gasteiger partial charge in [0.05, 0.1) is 6.20 Å². The second kappa shape index (κ2) is 10.1. The molecule has 9 heteroatoms. The second-order valence-corrected chi connectivity index (χ2v) is 7.31. The fourth-order valence-electron chi connectivity index (χ4n) is 3.55. The quantitative estimate of drug-likeness (QED) is 0.550. The molecule has 0 aliphatic heterocycles. The zero-order valence-electron chi connectivity index (χ0n) is 17.3. The Morgan fingerprint density at radius 2 is 1.78 bits per heavy atom. The number of amides is 1. The van der Waals surface area contributed by atoms with E-state index in [0.717, 1.165) is 24.4 Å². The van der Waals surface area contributed by atoms with E-state index in [1.165, 1.54) is 29.2 Å². The summed E-state index contributed by atoms with van der Waals surface area (Å²) in [6, 6.07) is 8.55. The van der Waals surface area contributed by atoms with Crippen LogP contribution >= 0.6 is 0 Å². The molecule has 1 heterocycles. The number of benzene rings is 2. The van der Waals surface area contributed by atoms with Crippen molar-refractivity contribution in [3.05, 3.63) is 93.2 Å². The van der Waals surface area contributed by atoms with Gasteiger partial charge in [-0.1, -0.05) is 19.1 Å². The standard InChI is InChI=1S/C23H22F3N3O3/c1-2-10-29(23(32)21-22(31)20(30)13-27-28-21)11-9-17(14-3-5-15(24)6-4-14)18-12-16(25)7-8-19(18)26/h3-8,12-13,17H,2,9-11H2,1H3,(H,27,31)(H,28,30). The second-order valence-electron chi connectivity index (χ2n) is 7.31. The minimum atomic E-state index is -0.797. The van der Waals surface area contributed by atoms with Crippen molar-refractivity contribution >= 4 is 5.91 Å². The molecule has 168 valence electrons. The van der Waals surface area contributed by atoms with Crippen molar-refractivity contribution in [2.24, 2.45) is 0 Å². The summed E-state index contributed by atoms with van der Waals surface area (Å²) in [5.74, 6) is -3.76. The van der Waals surface area contributed by atoms with Crippen molar-refractivity contribution in [3.63, 3.8) is 0 Å². The first kappa shape index (κ1) is 23.1. The molecule has 0 saturated heterocycles.